The van der Waals surface area contributed by atoms with Crippen molar-refractivity contribution in [2.75, 3.05) is 19.5 Å². The first kappa shape index (κ1) is 19.7. The molecule has 0 aliphatic rings. The van der Waals surface area contributed by atoms with Crippen molar-refractivity contribution in [3.63, 3.8) is 0 Å². The van der Waals surface area contributed by atoms with Crippen molar-refractivity contribution in [3.05, 3.63) is 40.1 Å². The maximum Gasteiger partial charge on any atom is 0.263 e. The van der Waals surface area contributed by atoms with Gasteiger partial charge < -0.3 is 14.8 Å². The van der Waals surface area contributed by atoms with E-state index in [4.69, 9.17) is 9.47 Å². The highest BCUT2D eigenvalue weighted by Crippen LogP contribution is 2.33. The van der Waals surface area contributed by atoms with Crippen molar-refractivity contribution >= 4 is 17.0 Å². The van der Waals surface area contributed by atoms with Crippen molar-refractivity contribution < 1.29 is 13.9 Å². The summed E-state index contributed by atoms with van der Waals surface area (Å²) in [6.45, 7) is 7.67. The smallest absolute Gasteiger partial charge is 0.263 e. The summed E-state index contributed by atoms with van der Waals surface area (Å²) in [4.78, 5) is 19.6. The van der Waals surface area contributed by atoms with Gasteiger partial charge in [-0.15, -0.1) is 0 Å². The van der Waals surface area contributed by atoms with Crippen LogP contribution in [-0.4, -0.2) is 34.0 Å². The minimum atomic E-state index is -0.494. The number of nitrogens with one attached hydrogen (secondary N) is 2. The van der Waals surface area contributed by atoms with Crippen molar-refractivity contribution in [1.29, 1.82) is 0 Å². The van der Waals surface area contributed by atoms with E-state index in [1.807, 2.05) is 20.8 Å². The molecule has 0 saturated heterocycles. The van der Waals surface area contributed by atoms with Crippen LogP contribution in [0, 0.1) is 5.82 Å². The summed E-state index contributed by atoms with van der Waals surface area (Å²) in [6, 6.07) is 2.33. The van der Waals surface area contributed by atoms with Crippen LogP contribution in [-0.2, 0) is 5.54 Å². The van der Waals surface area contributed by atoms with Gasteiger partial charge in [-0.25, -0.2) is 9.07 Å². The van der Waals surface area contributed by atoms with Crippen LogP contribution in [0.2, 0.25) is 0 Å². The summed E-state index contributed by atoms with van der Waals surface area (Å²) in [5.74, 6) is 0.485. The maximum absolute atomic E-state index is 14.5. The van der Waals surface area contributed by atoms with Crippen LogP contribution < -0.4 is 20.3 Å². The van der Waals surface area contributed by atoms with E-state index in [1.54, 1.807) is 17.7 Å². The summed E-state index contributed by atoms with van der Waals surface area (Å²) in [7, 11) is 2.93. The summed E-state index contributed by atoms with van der Waals surface area (Å²) in [5, 5.41) is 7.72. The molecule has 0 saturated carbocycles. The van der Waals surface area contributed by atoms with Crippen molar-refractivity contribution in [2.45, 2.75) is 39.3 Å². The standard InChI is InChI=1S/C19H24FN5O3/c1-10(11-7-14(27-5)15(28-6)8-13(11)20)22-18-23-16-12(17(26)24-18)9-21-25(16)19(2,3)4/h7-10H,1-6H3,(H2,22,23,24,26). The molecule has 28 heavy (non-hydrogen) atoms. The number of anilines is 1. The molecule has 0 aliphatic carbocycles. The van der Waals surface area contributed by atoms with Gasteiger partial charge in [0.2, 0.25) is 5.95 Å². The molecule has 1 aromatic carbocycles. The zero-order chi connectivity index (χ0) is 20.6. The lowest BCUT2D eigenvalue weighted by atomic mass is 10.1. The van der Waals surface area contributed by atoms with Gasteiger partial charge in [-0.2, -0.15) is 10.1 Å². The topological polar surface area (TPSA) is 94.1 Å². The molecule has 0 radical (unpaired) electrons. The zero-order valence-corrected chi connectivity index (χ0v) is 16.8. The van der Waals surface area contributed by atoms with Gasteiger partial charge in [0.05, 0.1) is 32.0 Å². The molecular weight excluding hydrogens is 365 g/mol. The molecule has 0 bridgehead atoms. The van der Waals surface area contributed by atoms with Gasteiger partial charge in [-0.3, -0.25) is 9.78 Å². The van der Waals surface area contributed by atoms with E-state index in [0.717, 1.165) is 0 Å². The number of nitrogens with zero attached hydrogens (tertiary/aromatic N) is 3. The average Bonchev–Trinajstić information content (AvgIpc) is 3.06. The Kier molecular flexibility index (Phi) is 5.01. The van der Waals surface area contributed by atoms with Crippen molar-refractivity contribution in [3.8, 4) is 11.5 Å². The molecule has 3 rings (SSSR count). The quantitative estimate of drug-likeness (QED) is 0.696. The molecule has 2 aromatic heterocycles. The van der Waals surface area contributed by atoms with Crippen LogP contribution in [0.25, 0.3) is 11.0 Å². The normalized spacial score (nSPS) is 12.8. The molecule has 9 heteroatoms. The first-order valence-corrected chi connectivity index (χ1v) is 8.82. The third kappa shape index (κ3) is 3.51. The predicted octanol–water partition coefficient (Wildman–Crippen LogP) is 3.20. The van der Waals surface area contributed by atoms with Crippen LogP contribution >= 0.6 is 0 Å². The Balaban J connectivity index is 2.00. The van der Waals surface area contributed by atoms with Gasteiger partial charge in [0, 0.05) is 11.6 Å². The molecule has 0 aliphatic heterocycles. The first-order valence-electron chi connectivity index (χ1n) is 8.82. The number of fused-ring (bicyclic) bond motifs is 1. The number of ether oxygens (including phenoxy) is 2. The first-order chi connectivity index (χ1) is 13.2. The number of hydrogen-bond donors (Lipinski definition) is 2. The Hall–Kier alpha value is -3.10. The summed E-state index contributed by atoms with van der Waals surface area (Å²) >= 11 is 0. The van der Waals surface area contributed by atoms with Crippen LogP contribution in [0.5, 0.6) is 11.5 Å². The second-order valence-corrected chi connectivity index (χ2v) is 7.47. The average molecular weight is 389 g/mol. The predicted molar refractivity (Wildman–Crippen MR) is 105 cm³/mol. The molecule has 0 spiro atoms. The summed E-state index contributed by atoms with van der Waals surface area (Å²) < 4.78 is 26.6. The number of hydrogen-bond acceptors (Lipinski definition) is 6. The Labute approximate surface area is 161 Å². The van der Waals surface area contributed by atoms with Gasteiger partial charge in [-0.1, -0.05) is 0 Å². The molecular formula is C19H24FN5O3. The maximum atomic E-state index is 14.5. The van der Waals surface area contributed by atoms with E-state index in [0.29, 0.717) is 28.1 Å². The lowest BCUT2D eigenvalue weighted by Crippen LogP contribution is -2.24. The molecule has 3 aromatic rings. The number of rotatable bonds is 5. The second kappa shape index (κ2) is 7.14. The number of H-pyrrole nitrogens is 1. The van der Waals surface area contributed by atoms with Crippen LogP contribution in [0.4, 0.5) is 10.3 Å². The van der Waals surface area contributed by atoms with E-state index in [1.165, 1.54) is 26.5 Å². The molecule has 1 atom stereocenters. The Bertz CT molecular complexity index is 1070. The van der Waals surface area contributed by atoms with Gasteiger partial charge in [0.15, 0.2) is 17.1 Å². The van der Waals surface area contributed by atoms with Crippen LogP contribution in [0.1, 0.15) is 39.3 Å². The van der Waals surface area contributed by atoms with Gasteiger partial charge in [0.1, 0.15) is 11.2 Å². The van der Waals surface area contributed by atoms with Gasteiger partial charge >= 0.3 is 0 Å². The van der Waals surface area contributed by atoms with Gasteiger partial charge in [0.25, 0.3) is 5.56 Å². The minimum Gasteiger partial charge on any atom is -0.493 e. The molecule has 150 valence electrons. The van der Waals surface area contributed by atoms with E-state index in [9.17, 15) is 9.18 Å². The number of aromatic amines is 1. The Morgan fingerprint density at radius 1 is 1.21 bits per heavy atom. The summed E-state index contributed by atoms with van der Waals surface area (Å²) in [6.07, 6.45) is 1.49. The van der Waals surface area contributed by atoms with E-state index < -0.39 is 11.9 Å². The molecule has 0 fully saturated rings. The Morgan fingerprint density at radius 2 is 1.86 bits per heavy atom. The fourth-order valence-corrected chi connectivity index (χ4v) is 2.96. The lowest BCUT2D eigenvalue weighted by molar-refractivity contribution is 0.351. The summed E-state index contributed by atoms with van der Waals surface area (Å²) in [5.41, 5.74) is 0.146. The largest absolute Gasteiger partial charge is 0.493 e. The molecule has 1 unspecified atom stereocenters. The van der Waals surface area contributed by atoms with E-state index in [2.05, 4.69) is 20.4 Å². The fourth-order valence-electron chi connectivity index (χ4n) is 2.96. The van der Waals surface area contributed by atoms with Gasteiger partial charge in [-0.05, 0) is 33.8 Å². The third-order valence-corrected chi connectivity index (χ3v) is 4.40. The molecule has 0 amide bonds. The molecule has 2 N–H and O–H groups in total. The Morgan fingerprint density at radius 3 is 2.46 bits per heavy atom. The lowest BCUT2D eigenvalue weighted by Gasteiger charge is -2.20. The molecule has 8 nitrogen and oxygen atoms in total. The van der Waals surface area contributed by atoms with E-state index in [-0.39, 0.29) is 17.0 Å². The van der Waals surface area contributed by atoms with E-state index >= 15 is 0 Å². The highest BCUT2D eigenvalue weighted by molar-refractivity contribution is 5.74. The number of methoxy groups -OCH3 is 2. The SMILES string of the molecule is COc1cc(F)c(C(C)Nc2nc3c(cnn3C(C)(C)C)c(=O)[nH]2)cc1OC. The minimum absolute atomic E-state index is 0.227. The van der Waals surface area contributed by atoms with Crippen LogP contribution in [0.3, 0.4) is 0 Å². The van der Waals surface area contributed by atoms with Crippen LogP contribution in [0.15, 0.2) is 23.1 Å². The van der Waals surface area contributed by atoms with Crippen molar-refractivity contribution in [2.24, 2.45) is 0 Å². The number of halogens is 1. The fraction of sp³-hybridized carbons (Fsp3) is 0.421. The highest BCUT2D eigenvalue weighted by Gasteiger charge is 2.21. The third-order valence-electron chi connectivity index (χ3n) is 4.40. The number of aromatic nitrogens is 4. The highest BCUT2D eigenvalue weighted by atomic mass is 19.1. The van der Waals surface area contributed by atoms with Crippen molar-refractivity contribution in [1.82, 2.24) is 19.7 Å². The zero-order valence-electron chi connectivity index (χ0n) is 16.8. The monoisotopic (exact) mass is 389 g/mol. The number of benzene rings is 1. The second-order valence-electron chi connectivity index (χ2n) is 7.47. The molecule has 2 heterocycles.